The number of halogens is 6. The summed E-state index contributed by atoms with van der Waals surface area (Å²) in [6, 6.07) is 10.4. The smallest absolute Gasteiger partial charge is 0.372 e. The number of piperidine rings is 1. The van der Waals surface area contributed by atoms with Crippen molar-refractivity contribution >= 4 is 5.95 Å². The van der Waals surface area contributed by atoms with Gasteiger partial charge in [-0.1, -0.05) is 30.3 Å². The van der Waals surface area contributed by atoms with Crippen molar-refractivity contribution in [2.75, 3.05) is 12.3 Å². The minimum atomic E-state index is -4.92. The first-order chi connectivity index (χ1) is 16.5. The van der Waals surface area contributed by atoms with Crippen molar-refractivity contribution in [3.05, 3.63) is 76.7 Å². The number of likely N-dealkylation sites (tertiary alicyclic amines) is 1. The molecule has 12 heteroatoms. The van der Waals surface area contributed by atoms with E-state index >= 15 is 0 Å². The summed E-state index contributed by atoms with van der Waals surface area (Å²) in [6.07, 6.45) is -9.09. The van der Waals surface area contributed by atoms with E-state index in [0.717, 1.165) is 5.56 Å². The molecule has 3 aromatic rings. The molecule has 0 bridgehead atoms. The summed E-state index contributed by atoms with van der Waals surface area (Å²) in [6.45, 7) is 0.483. The highest BCUT2D eigenvalue weighted by atomic mass is 19.4. The average Bonchev–Trinajstić information content (AvgIpc) is 3.21. The van der Waals surface area contributed by atoms with E-state index in [9.17, 15) is 26.3 Å². The molecule has 0 amide bonds. The first-order valence-electron chi connectivity index (χ1n) is 10.8. The van der Waals surface area contributed by atoms with Gasteiger partial charge in [-0.15, -0.1) is 0 Å². The van der Waals surface area contributed by atoms with Crippen LogP contribution in [0.3, 0.4) is 0 Å². The van der Waals surface area contributed by atoms with Crippen LogP contribution in [0.2, 0.25) is 0 Å². The Morgan fingerprint density at radius 1 is 1.00 bits per heavy atom. The van der Waals surface area contributed by atoms with Gasteiger partial charge in [-0.25, -0.2) is 0 Å². The lowest BCUT2D eigenvalue weighted by molar-refractivity contribution is -0.143. The normalized spacial score (nSPS) is 19.7. The summed E-state index contributed by atoms with van der Waals surface area (Å²) in [5.41, 5.74) is 3.47. The van der Waals surface area contributed by atoms with Gasteiger partial charge in [0.15, 0.2) is 0 Å². The second-order valence-corrected chi connectivity index (χ2v) is 8.28. The molecule has 0 spiro atoms. The lowest BCUT2D eigenvalue weighted by Gasteiger charge is -2.40. The van der Waals surface area contributed by atoms with Gasteiger partial charge in [0, 0.05) is 0 Å². The Kier molecular flexibility index (Phi) is 7.04. The molecule has 2 heterocycles. The third-order valence-electron chi connectivity index (χ3n) is 5.75. The van der Waals surface area contributed by atoms with Crippen LogP contribution in [0, 0.1) is 0 Å². The van der Waals surface area contributed by atoms with Crippen LogP contribution in [-0.4, -0.2) is 27.7 Å². The predicted molar refractivity (Wildman–Crippen MR) is 113 cm³/mol. The lowest BCUT2D eigenvalue weighted by atomic mass is 9.92. The van der Waals surface area contributed by atoms with E-state index < -0.39 is 36.2 Å². The molecule has 2 N–H and O–H groups in total. The minimum Gasteiger partial charge on any atom is -0.372 e. The molecule has 1 aliphatic rings. The van der Waals surface area contributed by atoms with Gasteiger partial charge in [0.1, 0.15) is 0 Å². The lowest BCUT2D eigenvalue weighted by Crippen LogP contribution is -2.42. The number of nitrogens with zero attached hydrogens (tertiary/aromatic N) is 3. The molecule has 1 aromatic heterocycles. The van der Waals surface area contributed by atoms with Gasteiger partial charge in [0.2, 0.25) is 5.89 Å². The zero-order chi connectivity index (χ0) is 25.2. The van der Waals surface area contributed by atoms with Crippen LogP contribution in [0.1, 0.15) is 47.0 Å². The quantitative estimate of drug-likeness (QED) is 0.444. The molecule has 188 valence electrons. The number of aromatic nitrogens is 2. The third kappa shape index (κ3) is 6.12. The van der Waals surface area contributed by atoms with Crippen LogP contribution >= 0.6 is 0 Å². The van der Waals surface area contributed by atoms with E-state index in [1.165, 1.54) is 0 Å². The van der Waals surface area contributed by atoms with Crippen molar-refractivity contribution < 1.29 is 35.6 Å². The molecule has 1 aliphatic heterocycles. The van der Waals surface area contributed by atoms with Crippen molar-refractivity contribution in [3.8, 4) is 0 Å². The summed E-state index contributed by atoms with van der Waals surface area (Å²) in [4.78, 5) is 6.04. The molecule has 4 rings (SSSR count). The molecule has 6 nitrogen and oxygen atoms in total. The van der Waals surface area contributed by atoms with E-state index in [2.05, 4.69) is 10.1 Å². The number of nitrogens with two attached hydrogens (primary N) is 1. The predicted octanol–water partition coefficient (Wildman–Crippen LogP) is 5.61. The second kappa shape index (κ2) is 9.86. The number of anilines is 1. The number of nitrogen functional groups attached to an aromatic ring is 1. The number of hydrogen-bond donors (Lipinski definition) is 1. The van der Waals surface area contributed by atoms with Crippen LogP contribution in [0.4, 0.5) is 32.3 Å². The Bertz CT molecular complexity index is 1100. The molecule has 35 heavy (non-hydrogen) atoms. The Morgan fingerprint density at radius 2 is 1.66 bits per heavy atom. The molecule has 0 unspecified atom stereocenters. The first kappa shape index (κ1) is 25.0. The highest BCUT2D eigenvalue weighted by molar-refractivity contribution is 5.33. The fourth-order valence-corrected chi connectivity index (χ4v) is 4.27. The van der Waals surface area contributed by atoms with Crippen LogP contribution in [0.25, 0.3) is 0 Å². The van der Waals surface area contributed by atoms with Crippen molar-refractivity contribution in [1.29, 1.82) is 0 Å². The number of rotatable bonds is 6. The topological polar surface area (TPSA) is 77.4 Å². The zero-order valence-corrected chi connectivity index (χ0v) is 18.3. The molecule has 2 atom stereocenters. The van der Waals surface area contributed by atoms with E-state index in [4.69, 9.17) is 15.0 Å². The zero-order valence-electron chi connectivity index (χ0n) is 18.3. The monoisotopic (exact) mass is 500 g/mol. The number of hydrogen-bond acceptors (Lipinski definition) is 6. The minimum absolute atomic E-state index is 0.00825. The SMILES string of the molecule is Nc1noc(CN2CCC[C@H](OCc3cc(C(F)(F)F)cc(C(F)(F)F)c3)[C@@H]2c2ccccc2)n1. The van der Waals surface area contributed by atoms with Crippen molar-refractivity contribution in [2.24, 2.45) is 0 Å². The highest BCUT2D eigenvalue weighted by Gasteiger charge is 2.38. The third-order valence-corrected chi connectivity index (χ3v) is 5.75. The van der Waals surface area contributed by atoms with Crippen LogP contribution < -0.4 is 5.73 Å². The Labute approximate surface area is 196 Å². The van der Waals surface area contributed by atoms with Gasteiger partial charge in [-0.05, 0) is 53.9 Å². The van der Waals surface area contributed by atoms with E-state index in [1.54, 1.807) is 0 Å². The first-order valence-corrected chi connectivity index (χ1v) is 10.8. The summed E-state index contributed by atoms with van der Waals surface area (Å²) < 4.78 is 90.5. The van der Waals surface area contributed by atoms with Gasteiger partial charge < -0.3 is 15.0 Å². The number of alkyl halides is 6. The van der Waals surface area contributed by atoms with Crippen molar-refractivity contribution in [1.82, 2.24) is 15.0 Å². The van der Waals surface area contributed by atoms with Crippen LogP contribution in [0.5, 0.6) is 0 Å². The van der Waals surface area contributed by atoms with Gasteiger partial charge in [0.25, 0.3) is 5.95 Å². The molecular weight excluding hydrogens is 478 g/mol. The largest absolute Gasteiger partial charge is 0.416 e. The molecule has 0 aliphatic carbocycles. The van der Waals surface area contributed by atoms with Crippen molar-refractivity contribution in [3.63, 3.8) is 0 Å². The van der Waals surface area contributed by atoms with E-state index in [1.807, 2.05) is 35.2 Å². The summed E-state index contributed by atoms with van der Waals surface area (Å²) in [7, 11) is 0. The van der Waals surface area contributed by atoms with E-state index in [0.29, 0.717) is 31.5 Å². The van der Waals surface area contributed by atoms with Crippen LogP contribution in [-0.2, 0) is 30.2 Å². The molecule has 1 fully saturated rings. The standard InChI is InChI=1S/C23H22F6N4O2/c24-22(25,26)16-9-14(10-17(11-16)23(27,28)29)13-34-18-7-4-8-33(12-19-31-21(30)32-35-19)20(18)15-5-2-1-3-6-15/h1-3,5-6,9-11,18,20H,4,7-8,12-13H2,(H2,30,32)/t18-,20-/m0/s1. The average molecular weight is 500 g/mol. The second-order valence-electron chi connectivity index (χ2n) is 8.28. The van der Waals surface area contributed by atoms with E-state index in [-0.39, 0.29) is 36.1 Å². The molecular formula is C23H22F6N4O2. The summed E-state index contributed by atoms with van der Waals surface area (Å²) in [5.74, 6) is 0.280. The summed E-state index contributed by atoms with van der Waals surface area (Å²) in [5, 5.41) is 3.58. The molecule has 2 aromatic carbocycles. The van der Waals surface area contributed by atoms with Crippen LogP contribution in [0.15, 0.2) is 53.1 Å². The summed E-state index contributed by atoms with van der Waals surface area (Å²) >= 11 is 0. The number of benzene rings is 2. The van der Waals surface area contributed by atoms with Gasteiger partial charge in [-0.2, -0.15) is 31.3 Å². The number of ether oxygens (including phenoxy) is 1. The molecule has 0 radical (unpaired) electrons. The maximum atomic E-state index is 13.2. The highest BCUT2D eigenvalue weighted by Crippen LogP contribution is 2.38. The molecule has 0 saturated carbocycles. The maximum absolute atomic E-state index is 13.2. The molecule has 1 saturated heterocycles. The fraction of sp³-hybridized carbons (Fsp3) is 0.391. The Balaban J connectivity index is 1.59. The van der Waals surface area contributed by atoms with Crippen molar-refractivity contribution in [2.45, 2.75) is 50.5 Å². The maximum Gasteiger partial charge on any atom is 0.416 e. The Morgan fingerprint density at radius 3 is 2.23 bits per heavy atom. The fourth-order valence-electron chi connectivity index (χ4n) is 4.27. The van der Waals surface area contributed by atoms with Gasteiger partial charge >= 0.3 is 12.4 Å². The van der Waals surface area contributed by atoms with Gasteiger partial charge in [0.05, 0.1) is 36.4 Å². The Hall–Kier alpha value is -3.12. The van der Waals surface area contributed by atoms with Gasteiger partial charge in [-0.3, -0.25) is 4.90 Å².